The number of hydrogen-bond acceptors (Lipinski definition) is 2. The molecule has 0 saturated heterocycles. The molecular formula is C13H9Cl2FN2O. The van der Waals surface area contributed by atoms with Crippen molar-refractivity contribution in [1.29, 1.82) is 0 Å². The molecule has 0 fully saturated rings. The fourth-order valence-corrected chi connectivity index (χ4v) is 1.93. The van der Waals surface area contributed by atoms with Crippen molar-refractivity contribution in [2.45, 2.75) is 0 Å². The third-order valence-corrected chi connectivity index (χ3v) is 3.07. The minimum Gasteiger partial charge on any atom is -0.398 e. The predicted molar refractivity (Wildman–Crippen MR) is 75.2 cm³/mol. The van der Waals surface area contributed by atoms with E-state index in [4.69, 9.17) is 28.9 Å². The molecule has 0 unspecified atom stereocenters. The van der Waals surface area contributed by atoms with Crippen LogP contribution >= 0.6 is 23.2 Å². The van der Waals surface area contributed by atoms with E-state index in [2.05, 4.69) is 5.32 Å². The summed E-state index contributed by atoms with van der Waals surface area (Å²) in [4.78, 5) is 12.0. The van der Waals surface area contributed by atoms with E-state index in [1.54, 1.807) is 18.2 Å². The van der Waals surface area contributed by atoms with E-state index < -0.39 is 11.7 Å². The summed E-state index contributed by atoms with van der Waals surface area (Å²) in [6.07, 6.45) is 0. The first-order chi connectivity index (χ1) is 8.99. The summed E-state index contributed by atoms with van der Waals surface area (Å²) < 4.78 is 13.3. The van der Waals surface area contributed by atoms with Crippen molar-refractivity contribution in [3.8, 4) is 0 Å². The smallest absolute Gasteiger partial charge is 0.259 e. The monoisotopic (exact) mass is 298 g/mol. The summed E-state index contributed by atoms with van der Waals surface area (Å²) in [6, 6.07) is 8.70. The van der Waals surface area contributed by atoms with Crippen LogP contribution in [0.1, 0.15) is 10.4 Å². The van der Waals surface area contributed by atoms with Gasteiger partial charge in [-0.1, -0.05) is 29.3 Å². The zero-order valence-corrected chi connectivity index (χ0v) is 11.1. The molecule has 19 heavy (non-hydrogen) atoms. The van der Waals surface area contributed by atoms with Crippen LogP contribution in [0.5, 0.6) is 0 Å². The first-order valence-corrected chi connectivity index (χ1v) is 6.05. The van der Waals surface area contributed by atoms with E-state index in [0.29, 0.717) is 0 Å². The highest BCUT2D eigenvalue weighted by molar-refractivity contribution is 6.35. The van der Waals surface area contributed by atoms with Crippen molar-refractivity contribution in [2.24, 2.45) is 0 Å². The average molecular weight is 299 g/mol. The molecule has 98 valence electrons. The van der Waals surface area contributed by atoms with E-state index >= 15 is 0 Å². The highest BCUT2D eigenvalue weighted by atomic mass is 35.5. The Bertz CT molecular complexity index is 626. The quantitative estimate of drug-likeness (QED) is 0.824. The highest BCUT2D eigenvalue weighted by Gasteiger charge is 2.14. The van der Waals surface area contributed by atoms with Crippen LogP contribution in [-0.2, 0) is 0 Å². The van der Waals surface area contributed by atoms with Crippen molar-refractivity contribution in [2.75, 3.05) is 11.1 Å². The van der Waals surface area contributed by atoms with E-state index in [1.807, 2.05) is 0 Å². The zero-order valence-electron chi connectivity index (χ0n) is 9.58. The Morgan fingerprint density at radius 2 is 1.89 bits per heavy atom. The van der Waals surface area contributed by atoms with Gasteiger partial charge in [0.2, 0.25) is 0 Å². The normalized spacial score (nSPS) is 10.3. The minimum absolute atomic E-state index is 0.0183. The molecule has 0 radical (unpaired) electrons. The maximum absolute atomic E-state index is 13.3. The van der Waals surface area contributed by atoms with Gasteiger partial charge < -0.3 is 11.1 Å². The van der Waals surface area contributed by atoms with Gasteiger partial charge in [0.15, 0.2) is 0 Å². The van der Waals surface area contributed by atoms with Crippen LogP contribution in [0.2, 0.25) is 10.0 Å². The molecule has 3 nitrogen and oxygen atoms in total. The van der Waals surface area contributed by atoms with E-state index in [0.717, 1.165) is 6.07 Å². The van der Waals surface area contributed by atoms with Gasteiger partial charge in [-0.25, -0.2) is 4.39 Å². The second-order valence-corrected chi connectivity index (χ2v) is 4.60. The Hall–Kier alpha value is -1.78. The number of nitrogens with two attached hydrogens (primary N) is 1. The Balaban J connectivity index is 2.28. The standard InChI is InChI=1S/C13H9Cl2FN2O/c14-8-5-4-7(6-10(8)16)18-13(19)12-9(15)2-1-3-11(12)17/h1-6H,17H2,(H,18,19). The molecule has 2 rings (SSSR count). The Labute approximate surface area is 119 Å². The number of anilines is 2. The second-order valence-electron chi connectivity index (χ2n) is 3.79. The third-order valence-electron chi connectivity index (χ3n) is 2.45. The molecule has 0 aliphatic heterocycles. The zero-order chi connectivity index (χ0) is 14.0. The van der Waals surface area contributed by atoms with Gasteiger partial charge in [0, 0.05) is 11.4 Å². The molecule has 2 aromatic rings. The third kappa shape index (κ3) is 2.97. The summed E-state index contributed by atoms with van der Waals surface area (Å²) in [7, 11) is 0. The summed E-state index contributed by atoms with van der Waals surface area (Å²) in [5.74, 6) is -1.13. The van der Waals surface area contributed by atoms with E-state index in [9.17, 15) is 9.18 Å². The van der Waals surface area contributed by atoms with E-state index in [-0.39, 0.29) is 27.0 Å². The van der Waals surface area contributed by atoms with Crippen LogP contribution in [0.15, 0.2) is 36.4 Å². The molecular weight excluding hydrogens is 290 g/mol. The highest BCUT2D eigenvalue weighted by Crippen LogP contribution is 2.24. The minimum atomic E-state index is -0.619. The van der Waals surface area contributed by atoms with Gasteiger partial charge in [-0.05, 0) is 30.3 Å². The molecule has 0 aromatic heterocycles. The molecule has 0 atom stereocenters. The molecule has 0 saturated carbocycles. The largest absolute Gasteiger partial charge is 0.398 e. The van der Waals surface area contributed by atoms with Crippen molar-refractivity contribution in [1.82, 2.24) is 0 Å². The number of nitrogens with one attached hydrogen (secondary N) is 1. The van der Waals surface area contributed by atoms with Crippen molar-refractivity contribution < 1.29 is 9.18 Å². The first-order valence-electron chi connectivity index (χ1n) is 5.29. The second kappa shape index (κ2) is 5.47. The number of nitrogen functional groups attached to an aromatic ring is 1. The number of hydrogen-bond donors (Lipinski definition) is 2. The number of rotatable bonds is 2. The topological polar surface area (TPSA) is 55.1 Å². The number of benzene rings is 2. The van der Waals surface area contributed by atoms with E-state index in [1.165, 1.54) is 12.1 Å². The molecule has 2 aromatic carbocycles. The Morgan fingerprint density at radius 1 is 1.16 bits per heavy atom. The van der Waals surface area contributed by atoms with Gasteiger partial charge in [-0.3, -0.25) is 4.79 Å². The van der Waals surface area contributed by atoms with Gasteiger partial charge in [-0.15, -0.1) is 0 Å². The van der Waals surface area contributed by atoms with Gasteiger partial charge in [0.25, 0.3) is 5.91 Å². The maximum atomic E-state index is 13.3. The lowest BCUT2D eigenvalue weighted by Gasteiger charge is -2.09. The molecule has 1 amide bonds. The van der Waals surface area contributed by atoms with Crippen LogP contribution in [-0.4, -0.2) is 5.91 Å². The molecule has 0 spiro atoms. The molecule has 0 aliphatic carbocycles. The lowest BCUT2D eigenvalue weighted by Crippen LogP contribution is -2.14. The number of amides is 1. The number of carbonyl (C=O) groups is 1. The fourth-order valence-electron chi connectivity index (χ4n) is 1.55. The number of carbonyl (C=O) groups excluding carboxylic acids is 1. The molecule has 6 heteroatoms. The molecule has 0 aliphatic rings. The first kappa shape index (κ1) is 13.6. The number of halogens is 3. The lowest BCUT2D eigenvalue weighted by molar-refractivity contribution is 0.102. The van der Waals surface area contributed by atoms with Crippen molar-refractivity contribution in [3.05, 3.63) is 57.8 Å². The van der Waals surface area contributed by atoms with Gasteiger partial charge >= 0.3 is 0 Å². The van der Waals surface area contributed by atoms with Gasteiger partial charge in [0.05, 0.1) is 15.6 Å². The lowest BCUT2D eigenvalue weighted by atomic mass is 10.1. The van der Waals surface area contributed by atoms with Crippen LogP contribution in [0.3, 0.4) is 0 Å². The van der Waals surface area contributed by atoms with Crippen LogP contribution in [0.25, 0.3) is 0 Å². The predicted octanol–water partition coefficient (Wildman–Crippen LogP) is 3.97. The average Bonchev–Trinajstić information content (AvgIpc) is 2.33. The van der Waals surface area contributed by atoms with Gasteiger partial charge in [-0.2, -0.15) is 0 Å². The maximum Gasteiger partial charge on any atom is 0.259 e. The summed E-state index contributed by atoms with van der Waals surface area (Å²) >= 11 is 11.5. The van der Waals surface area contributed by atoms with Crippen molar-refractivity contribution in [3.63, 3.8) is 0 Å². The van der Waals surface area contributed by atoms with Crippen molar-refractivity contribution >= 4 is 40.5 Å². The summed E-state index contributed by atoms with van der Waals surface area (Å²) in [5.41, 5.74) is 6.36. The van der Waals surface area contributed by atoms with Crippen LogP contribution < -0.4 is 11.1 Å². The van der Waals surface area contributed by atoms with Crippen LogP contribution in [0, 0.1) is 5.82 Å². The summed E-state index contributed by atoms with van der Waals surface area (Å²) in [5, 5.41) is 2.72. The Kier molecular flexibility index (Phi) is 3.93. The fraction of sp³-hybridized carbons (Fsp3) is 0. The SMILES string of the molecule is Nc1cccc(Cl)c1C(=O)Nc1ccc(Cl)c(F)c1. The Morgan fingerprint density at radius 3 is 2.53 bits per heavy atom. The molecule has 0 heterocycles. The summed E-state index contributed by atoms with van der Waals surface area (Å²) in [6.45, 7) is 0. The molecule has 3 N–H and O–H groups in total. The van der Waals surface area contributed by atoms with Crippen LogP contribution in [0.4, 0.5) is 15.8 Å². The molecule has 0 bridgehead atoms. The van der Waals surface area contributed by atoms with Gasteiger partial charge in [0.1, 0.15) is 5.82 Å².